The molecule has 0 unspecified atom stereocenters. The molecule has 0 aromatic carbocycles. The minimum atomic E-state index is 1.06. The van der Waals surface area contributed by atoms with Crippen LogP contribution in [0.4, 0.5) is 0 Å². The van der Waals surface area contributed by atoms with E-state index in [4.69, 9.17) is 0 Å². The average Bonchev–Trinajstić information content (AvgIpc) is 2.49. The van der Waals surface area contributed by atoms with Crippen LogP contribution in [-0.4, -0.2) is 0 Å². The zero-order chi connectivity index (χ0) is 15.7. The highest BCUT2D eigenvalue weighted by Crippen LogP contribution is 2.24. The Morgan fingerprint density at radius 1 is 0.471 bits per heavy atom. The van der Waals surface area contributed by atoms with E-state index < -0.39 is 0 Å². The van der Waals surface area contributed by atoms with Gasteiger partial charge in [0.2, 0.25) is 0 Å². The average molecular weight is 251 g/mol. The van der Waals surface area contributed by atoms with E-state index in [1.165, 1.54) is 19.3 Å². The Hall–Kier alpha value is 0. The fraction of sp³-hybridized carbons (Fsp3) is 1.00. The van der Waals surface area contributed by atoms with Crippen LogP contribution in [-0.2, 0) is 0 Å². The maximum atomic E-state index is 2.31. The van der Waals surface area contributed by atoms with Gasteiger partial charge in [-0.25, -0.2) is 0 Å². The van der Waals surface area contributed by atoms with Gasteiger partial charge in [-0.15, -0.1) is 0 Å². The Kier molecular flexibility index (Phi) is 212. The molecule has 0 nitrogen and oxygen atoms in total. The summed E-state index contributed by atoms with van der Waals surface area (Å²) < 4.78 is 0. The van der Waals surface area contributed by atoms with Crippen molar-refractivity contribution >= 4 is 0 Å². The molecule has 1 fully saturated rings. The molecule has 0 saturated heterocycles. The lowest BCUT2D eigenvalue weighted by atomic mass is 9.88. The van der Waals surface area contributed by atoms with Crippen molar-refractivity contribution in [1.82, 2.24) is 0 Å². The largest absolute Gasteiger partial charge is 0.0683 e. The van der Waals surface area contributed by atoms with Crippen molar-refractivity contribution in [1.29, 1.82) is 0 Å². The van der Waals surface area contributed by atoms with Crippen LogP contribution < -0.4 is 0 Å². The number of rotatable bonds is 0. The Balaban J connectivity index is -0.0000000225. The van der Waals surface area contributed by atoms with Gasteiger partial charge in [-0.3, -0.25) is 0 Å². The van der Waals surface area contributed by atoms with Gasteiger partial charge in [0.05, 0.1) is 0 Å². The summed E-state index contributed by atoms with van der Waals surface area (Å²) >= 11 is 0. The van der Waals surface area contributed by atoms with Crippen LogP contribution >= 0.6 is 0 Å². The van der Waals surface area contributed by atoms with E-state index in [2.05, 4.69) is 6.92 Å². The lowest BCUT2D eigenvalue weighted by Gasteiger charge is -2.18. The second-order valence-electron chi connectivity index (χ2n) is 2.04. The van der Waals surface area contributed by atoms with E-state index >= 15 is 0 Å². The van der Waals surface area contributed by atoms with Crippen LogP contribution in [0.5, 0.6) is 0 Å². The first kappa shape index (κ1) is 36.0. The Morgan fingerprint density at radius 2 is 0.588 bits per heavy atom. The molecule has 0 aromatic rings. The summed E-state index contributed by atoms with van der Waals surface area (Å²) in [6, 6.07) is 0. The Morgan fingerprint density at radius 3 is 0.588 bits per heavy atom. The molecule has 0 bridgehead atoms. The molecule has 0 N–H and O–H groups in total. The van der Waals surface area contributed by atoms with Gasteiger partial charge in [0.15, 0.2) is 0 Å². The van der Waals surface area contributed by atoms with Crippen LogP contribution in [0, 0.1) is 5.92 Å². The first-order chi connectivity index (χ1) is 8.39. The van der Waals surface area contributed by atoms with Crippen LogP contribution in [0.2, 0.25) is 0 Å². The van der Waals surface area contributed by atoms with E-state index in [9.17, 15) is 0 Å². The van der Waals surface area contributed by atoms with E-state index in [0.717, 1.165) is 5.92 Å². The van der Waals surface area contributed by atoms with Crippen LogP contribution in [0.15, 0.2) is 0 Å². The zero-order valence-corrected chi connectivity index (χ0v) is 15.7. The third-order valence-corrected chi connectivity index (χ3v) is 1.39. The lowest BCUT2D eigenvalue weighted by molar-refractivity contribution is 0.346. The quantitative estimate of drug-likeness (QED) is 0.409. The Bertz CT molecular complexity index is 27.0. The van der Waals surface area contributed by atoms with E-state index in [1.54, 1.807) is 0 Å². The van der Waals surface area contributed by atoms with E-state index in [1.807, 2.05) is 83.1 Å². The van der Waals surface area contributed by atoms with Crippen LogP contribution in [0.25, 0.3) is 0 Å². The normalized spacial score (nSPS) is 9.71. The first-order valence-corrected chi connectivity index (χ1v) is 8.39. The minimum absolute atomic E-state index is 1.06. The summed E-state index contributed by atoms with van der Waals surface area (Å²) in [6.07, 6.45) is 4.46. The highest BCUT2D eigenvalue weighted by molar-refractivity contribution is 4.62. The standard InChI is InChI=1S/C5H10.6C2H6/c1-5-3-2-4-5;6*1-2/h5H,2-4H2,1H3;6*1-2H3. The molecule has 0 aliphatic heterocycles. The summed E-state index contributed by atoms with van der Waals surface area (Å²) in [5.41, 5.74) is 0. The van der Waals surface area contributed by atoms with Crippen molar-refractivity contribution in [3.05, 3.63) is 0 Å². The number of hydrogen-bond donors (Lipinski definition) is 0. The van der Waals surface area contributed by atoms with Gasteiger partial charge < -0.3 is 0 Å². The van der Waals surface area contributed by atoms with Gasteiger partial charge in [-0.1, -0.05) is 109 Å². The summed E-state index contributed by atoms with van der Waals surface area (Å²) in [7, 11) is 0. The Labute approximate surface area is 116 Å². The predicted octanol–water partition coefficient (Wildman–Crippen LogP) is 7.96. The monoisotopic (exact) mass is 250 g/mol. The molecular weight excluding hydrogens is 204 g/mol. The molecule has 0 heteroatoms. The molecule has 0 amide bonds. The van der Waals surface area contributed by atoms with E-state index in [-0.39, 0.29) is 0 Å². The molecule has 17 heavy (non-hydrogen) atoms. The van der Waals surface area contributed by atoms with Crippen molar-refractivity contribution in [2.45, 2.75) is 109 Å². The van der Waals surface area contributed by atoms with Crippen molar-refractivity contribution in [3.63, 3.8) is 0 Å². The fourth-order valence-corrected chi connectivity index (χ4v) is 0.612. The third-order valence-electron chi connectivity index (χ3n) is 1.39. The zero-order valence-electron chi connectivity index (χ0n) is 15.7. The smallest absolute Gasteiger partial charge is 0.0443 e. The lowest BCUT2D eigenvalue weighted by Crippen LogP contribution is -2.04. The third kappa shape index (κ3) is 87.1. The van der Waals surface area contributed by atoms with Crippen LogP contribution in [0.1, 0.15) is 109 Å². The highest BCUT2D eigenvalue weighted by Gasteiger charge is 2.09. The van der Waals surface area contributed by atoms with Crippen molar-refractivity contribution in [3.8, 4) is 0 Å². The van der Waals surface area contributed by atoms with Crippen molar-refractivity contribution in [2.75, 3.05) is 0 Å². The molecule has 0 spiro atoms. The molecular formula is C17H46. The first-order valence-electron chi connectivity index (χ1n) is 8.39. The van der Waals surface area contributed by atoms with Gasteiger partial charge in [-0.05, 0) is 5.92 Å². The topological polar surface area (TPSA) is 0 Å². The molecule has 1 aliphatic rings. The maximum Gasteiger partial charge on any atom is -0.0443 e. The van der Waals surface area contributed by atoms with Gasteiger partial charge in [-0.2, -0.15) is 0 Å². The second-order valence-corrected chi connectivity index (χ2v) is 2.04. The number of hydrogen-bond acceptors (Lipinski definition) is 0. The van der Waals surface area contributed by atoms with Crippen molar-refractivity contribution < 1.29 is 0 Å². The SMILES string of the molecule is CC.CC.CC.CC.CC.CC.CC1CCC1. The van der Waals surface area contributed by atoms with Gasteiger partial charge in [0.25, 0.3) is 0 Å². The van der Waals surface area contributed by atoms with E-state index in [0.29, 0.717) is 0 Å². The summed E-state index contributed by atoms with van der Waals surface area (Å²) in [5, 5.41) is 0. The highest BCUT2D eigenvalue weighted by atomic mass is 14.1. The minimum Gasteiger partial charge on any atom is -0.0683 e. The fourth-order valence-electron chi connectivity index (χ4n) is 0.612. The molecule has 1 rings (SSSR count). The van der Waals surface area contributed by atoms with Crippen LogP contribution in [0.3, 0.4) is 0 Å². The molecule has 1 saturated carbocycles. The molecule has 0 atom stereocenters. The molecule has 0 aromatic heterocycles. The van der Waals surface area contributed by atoms with Gasteiger partial charge in [0.1, 0.15) is 0 Å². The molecule has 0 radical (unpaired) electrons. The van der Waals surface area contributed by atoms with Gasteiger partial charge >= 0.3 is 0 Å². The summed E-state index contributed by atoms with van der Waals surface area (Å²) in [6.45, 7) is 26.3. The second kappa shape index (κ2) is 100. The molecule has 1 aliphatic carbocycles. The van der Waals surface area contributed by atoms with Crippen molar-refractivity contribution in [2.24, 2.45) is 5.92 Å². The maximum absolute atomic E-state index is 2.31. The summed E-state index contributed by atoms with van der Waals surface area (Å²) in [4.78, 5) is 0. The summed E-state index contributed by atoms with van der Waals surface area (Å²) in [5.74, 6) is 1.06. The molecule has 0 heterocycles. The van der Waals surface area contributed by atoms with Gasteiger partial charge in [0, 0.05) is 0 Å². The predicted molar refractivity (Wildman–Crippen MR) is 91.1 cm³/mol. The molecule has 114 valence electrons.